The molecular formula is C33H43N5O3S. The maximum atomic E-state index is 13.7. The van der Waals surface area contributed by atoms with Crippen molar-refractivity contribution in [2.45, 2.75) is 60.4 Å². The zero-order valence-electron chi connectivity index (χ0n) is 25.9. The van der Waals surface area contributed by atoms with E-state index >= 15 is 0 Å². The van der Waals surface area contributed by atoms with Crippen LogP contribution in [0.25, 0.3) is 10.2 Å². The van der Waals surface area contributed by atoms with Gasteiger partial charge in [0.25, 0.3) is 5.91 Å². The lowest BCUT2D eigenvalue weighted by Crippen LogP contribution is -2.47. The topological polar surface area (TPSA) is 86.8 Å². The Morgan fingerprint density at radius 1 is 1.26 bits per heavy atom. The first kappa shape index (κ1) is 31.3. The molecule has 2 aromatic rings. The molecule has 0 saturated carbocycles. The lowest BCUT2D eigenvalue weighted by molar-refractivity contribution is 0.0919. The minimum Gasteiger partial charge on any atom is -0.384 e. The third-order valence-electron chi connectivity index (χ3n) is 7.45. The largest absolute Gasteiger partial charge is 0.384 e. The number of hydrogen-bond donors (Lipinski definition) is 2. The number of piperidine rings is 1. The number of rotatable bonds is 10. The molecule has 0 aromatic carbocycles. The summed E-state index contributed by atoms with van der Waals surface area (Å²) in [6.45, 7) is 22.7. The molecule has 0 spiro atoms. The number of nitrogens with one attached hydrogen (secondary N) is 2. The van der Waals surface area contributed by atoms with Crippen molar-refractivity contribution in [3.63, 3.8) is 0 Å². The zero-order chi connectivity index (χ0) is 30.8. The van der Waals surface area contributed by atoms with Crippen LogP contribution in [0.5, 0.6) is 0 Å². The first-order chi connectivity index (χ1) is 19.8. The van der Waals surface area contributed by atoms with Crippen LogP contribution < -0.4 is 15.5 Å². The van der Waals surface area contributed by atoms with Crippen LogP contribution in [0.15, 0.2) is 71.8 Å². The Morgan fingerprint density at radius 3 is 2.67 bits per heavy atom. The fourth-order valence-electron chi connectivity index (χ4n) is 5.59. The maximum Gasteiger partial charge on any atom is 0.331 e. The molecule has 0 unspecified atom stereocenters. The van der Waals surface area contributed by atoms with Gasteiger partial charge in [0, 0.05) is 49.2 Å². The molecule has 3 amide bonds. The number of hydrogen-bond acceptors (Lipinski definition) is 6. The van der Waals surface area contributed by atoms with Gasteiger partial charge in [-0.15, -0.1) is 11.3 Å². The van der Waals surface area contributed by atoms with Gasteiger partial charge in [-0.2, -0.15) is 0 Å². The van der Waals surface area contributed by atoms with Crippen molar-refractivity contribution < 1.29 is 14.3 Å². The van der Waals surface area contributed by atoms with Gasteiger partial charge in [-0.25, -0.2) is 9.78 Å². The van der Waals surface area contributed by atoms with Gasteiger partial charge in [0.2, 0.25) is 0 Å². The molecule has 0 aliphatic carbocycles. The number of methoxy groups -OCH3 is 1. The van der Waals surface area contributed by atoms with Crippen LogP contribution in [0.3, 0.4) is 0 Å². The average molecular weight is 590 g/mol. The van der Waals surface area contributed by atoms with E-state index in [1.165, 1.54) is 11.3 Å². The highest BCUT2D eigenvalue weighted by atomic mass is 32.1. The minimum absolute atomic E-state index is 0.0482. The van der Waals surface area contributed by atoms with Gasteiger partial charge in [-0.05, 0) is 58.3 Å². The van der Waals surface area contributed by atoms with E-state index in [0.717, 1.165) is 52.9 Å². The molecule has 0 radical (unpaired) electrons. The average Bonchev–Trinajstić information content (AvgIpc) is 3.28. The molecule has 4 rings (SSSR count). The van der Waals surface area contributed by atoms with Crippen molar-refractivity contribution in [3.05, 3.63) is 76.6 Å². The fraction of sp³-hybridized carbons (Fsp3) is 0.424. The van der Waals surface area contributed by atoms with Crippen molar-refractivity contribution >= 4 is 44.9 Å². The second kappa shape index (κ2) is 12.7. The molecule has 1 fully saturated rings. The molecule has 2 aromatic heterocycles. The van der Waals surface area contributed by atoms with Crippen LogP contribution in [0.2, 0.25) is 0 Å². The number of allylic oxidation sites excluding steroid dienone is 5. The van der Waals surface area contributed by atoms with Crippen LogP contribution in [0, 0.1) is 5.41 Å². The lowest BCUT2D eigenvalue weighted by Gasteiger charge is -2.36. The standard InChI is InChI=1S/C33H43N5O3S/c1-20(2)12-13-25(21(3)4)38-26-14-15-34-31-27(26)28(36-32(38)40)29(42-31)30(39)35-24-11-10-16-37(18-24)23(6)22(5)17-33(7,8)19-41-9/h12-15,17,24H,1,6,10-11,16,18-19H2,2-5,7-9H3,(H,35,39)(H,36,40)/b13-12-,22-17-/t24-/m1/s1. The number of pyridine rings is 1. The highest BCUT2D eigenvalue weighted by Crippen LogP contribution is 2.45. The predicted molar refractivity (Wildman–Crippen MR) is 174 cm³/mol. The summed E-state index contributed by atoms with van der Waals surface area (Å²) >= 11 is 1.30. The molecule has 0 bridgehead atoms. The number of anilines is 2. The minimum atomic E-state index is -0.316. The van der Waals surface area contributed by atoms with Crippen LogP contribution in [0.4, 0.5) is 16.2 Å². The Kier molecular flexibility index (Phi) is 9.43. The molecule has 9 heteroatoms. The molecule has 4 heterocycles. The van der Waals surface area contributed by atoms with E-state index in [1.54, 1.807) is 18.2 Å². The highest BCUT2D eigenvalue weighted by Gasteiger charge is 2.34. The third kappa shape index (κ3) is 6.68. The van der Waals surface area contributed by atoms with E-state index in [9.17, 15) is 9.59 Å². The third-order valence-corrected chi connectivity index (χ3v) is 8.54. The summed E-state index contributed by atoms with van der Waals surface area (Å²) < 4.78 is 5.37. The number of carbonyl (C=O) groups excluding carboxylic acids is 2. The van der Waals surface area contributed by atoms with Crippen LogP contribution in [-0.2, 0) is 4.74 Å². The lowest BCUT2D eigenvalue weighted by atomic mass is 9.91. The summed E-state index contributed by atoms with van der Waals surface area (Å²) in [5.74, 6) is -0.205. The number of likely N-dealkylation sites (tertiary alicyclic amines) is 1. The Labute approximate surface area is 253 Å². The predicted octanol–water partition coefficient (Wildman–Crippen LogP) is 7.40. The van der Waals surface area contributed by atoms with Crippen molar-refractivity contribution in [3.8, 4) is 0 Å². The Bertz CT molecular complexity index is 1510. The second-order valence-electron chi connectivity index (χ2n) is 12.1. The van der Waals surface area contributed by atoms with E-state index in [2.05, 4.69) is 60.5 Å². The van der Waals surface area contributed by atoms with Crippen molar-refractivity contribution in [2.75, 3.05) is 37.0 Å². The van der Waals surface area contributed by atoms with E-state index in [1.807, 2.05) is 39.0 Å². The molecule has 2 aliphatic heterocycles. The molecule has 8 nitrogen and oxygen atoms in total. The Balaban J connectivity index is 1.58. The van der Waals surface area contributed by atoms with E-state index in [4.69, 9.17) is 4.74 Å². The fourth-order valence-corrected chi connectivity index (χ4v) is 6.62. The van der Waals surface area contributed by atoms with Gasteiger partial charge in [0.05, 0.1) is 23.4 Å². The normalized spacial score (nSPS) is 17.5. The zero-order valence-corrected chi connectivity index (χ0v) is 26.7. The summed E-state index contributed by atoms with van der Waals surface area (Å²) in [6, 6.07) is 1.46. The first-order valence-electron chi connectivity index (χ1n) is 14.3. The monoisotopic (exact) mass is 589 g/mol. The Hall–Kier alpha value is -3.69. The maximum absolute atomic E-state index is 13.7. The van der Waals surface area contributed by atoms with Crippen LogP contribution >= 0.6 is 11.3 Å². The summed E-state index contributed by atoms with van der Waals surface area (Å²) in [4.78, 5) is 36.8. The number of ether oxygens (including phenoxy) is 1. The first-order valence-corrected chi connectivity index (χ1v) is 15.1. The summed E-state index contributed by atoms with van der Waals surface area (Å²) in [7, 11) is 1.71. The van der Waals surface area contributed by atoms with Crippen LogP contribution in [0.1, 0.15) is 64.1 Å². The number of urea groups is 1. The molecule has 224 valence electrons. The molecule has 1 saturated heterocycles. The van der Waals surface area contributed by atoms with Crippen LogP contribution in [-0.4, -0.2) is 54.7 Å². The quantitative estimate of drug-likeness (QED) is 0.282. The number of amides is 3. The van der Waals surface area contributed by atoms with Gasteiger partial charge < -0.3 is 20.3 Å². The van der Waals surface area contributed by atoms with Gasteiger partial charge in [0.15, 0.2) is 0 Å². The smallest absolute Gasteiger partial charge is 0.331 e. The SMILES string of the molecule is C=C(C)/C=C\C(=C(C)C)N1C(=O)Nc2c(C(=O)N[C@@H]3CCCN(C(=C)/C(C)=C\C(C)(C)COC)C3)sc3nccc1c23. The molecule has 2 aliphatic rings. The van der Waals surface area contributed by atoms with Crippen molar-refractivity contribution in [1.29, 1.82) is 0 Å². The number of nitrogens with zero attached hydrogens (tertiary/aromatic N) is 3. The van der Waals surface area contributed by atoms with Gasteiger partial charge in [-0.1, -0.05) is 50.3 Å². The summed E-state index contributed by atoms with van der Waals surface area (Å²) in [5.41, 5.74) is 5.80. The molecular weight excluding hydrogens is 546 g/mol. The van der Waals surface area contributed by atoms with Crippen molar-refractivity contribution in [1.82, 2.24) is 15.2 Å². The van der Waals surface area contributed by atoms with Crippen molar-refractivity contribution in [2.24, 2.45) is 5.41 Å². The molecule has 1 atom stereocenters. The number of carbonyl (C=O) groups is 2. The summed E-state index contributed by atoms with van der Waals surface area (Å²) in [5, 5.41) is 7.01. The van der Waals surface area contributed by atoms with Gasteiger partial charge in [-0.3, -0.25) is 9.69 Å². The number of aromatic nitrogens is 1. The van der Waals surface area contributed by atoms with E-state index < -0.39 is 0 Å². The summed E-state index contributed by atoms with van der Waals surface area (Å²) in [6.07, 6.45) is 9.48. The second-order valence-corrected chi connectivity index (χ2v) is 13.1. The molecule has 42 heavy (non-hydrogen) atoms. The highest BCUT2D eigenvalue weighted by molar-refractivity contribution is 7.21. The number of thiophene rings is 1. The van der Waals surface area contributed by atoms with Gasteiger partial charge in [0.1, 0.15) is 9.71 Å². The Morgan fingerprint density at radius 2 is 2.00 bits per heavy atom. The molecule has 2 N–H and O–H groups in total. The van der Waals surface area contributed by atoms with E-state index in [0.29, 0.717) is 34.2 Å². The van der Waals surface area contributed by atoms with E-state index in [-0.39, 0.29) is 23.4 Å². The van der Waals surface area contributed by atoms with Gasteiger partial charge >= 0.3 is 6.03 Å².